The molecule has 0 atom stereocenters. The number of carbonyl (C=O) groups excluding carboxylic acids is 3. The van der Waals surface area contributed by atoms with Gasteiger partial charge in [-0.3, -0.25) is 24.6 Å². The Morgan fingerprint density at radius 2 is 1.93 bits per heavy atom. The third-order valence-corrected chi connectivity index (χ3v) is 3.44. The zero-order chi connectivity index (χ0) is 20.1. The molecule has 4 N–H and O–H groups in total. The Labute approximate surface area is 156 Å². The van der Waals surface area contributed by atoms with Crippen molar-refractivity contribution >= 4 is 24.4 Å². The van der Waals surface area contributed by atoms with E-state index in [4.69, 9.17) is 5.21 Å². The van der Waals surface area contributed by atoms with Crippen LogP contribution in [0.25, 0.3) is 0 Å². The van der Waals surface area contributed by atoms with Gasteiger partial charge in [0.05, 0.1) is 12.7 Å². The van der Waals surface area contributed by atoms with Gasteiger partial charge >= 0.3 is 0 Å². The van der Waals surface area contributed by atoms with E-state index in [1.807, 2.05) is 0 Å². The van der Waals surface area contributed by atoms with Gasteiger partial charge in [0, 0.05) is 18.7 Å². The quantitative estimate of drug-likeness (QED) is 0.161. The summed E-state index contributed by atoms with van der Waals surface area (Å²) in [5, 5.41) is 21.1. The first-order valence-corrected chi connectivity index (χ1v) is 8.47. The molecule has 0 saturated carbocycles. The summed E-state index contributed by atoms with van der Waals surface area (Å²) in [4.78, 5) is 38.2. The molecule has 0 saturated heterocycles. The Bertz CT molecular complexity index is 671. The van der Waals surface area contributed by atoms with Crippen LogP contribution < -0.4 is 16.1 Å². The topological polar surface area (TPSA) is 151 Å². The number of carbonyl (C=O) groups is 3. The van der Waals surface area contributed by atoms with Crippen molar-refractivity contribution in [3.8, 4) is 0 Å². The van der Waals surface area contributed by atoms with Crippen LogP contribution in [0.5, 0.6) is 0 Å². The molecule has 0 aliphatic carbocycles. The lowest BCUT2D eigenvalue weighted by Gasteiger charge is -2.05. The number of aliphatic imine (C=N–C) groups is 1. The molecule has 1 aromatic heterocycles. The summed E-state index contributed by atoms with van der Waals surface area (Å²) in [5.74, 6) is -1.13. The molecule has 0 fully saturated rings. The summed E-state index contributed by atoms with van der Waals surface area (Å²) in [6.07, 6.45) is 4.75. The third-order valence-electron chi connectivity index (χ3n) is 3.44. The molecule has 11 heteroatoms. The molecule has 0 spiro atoms. The average Bonchev–Trinajstić information content (AvgIpc) is 3.08. The number of nitrogens with zero attached hydrogens (tertiary/aromatic N) is 4. The van der Waals surface area contributed by atoms with E-state index in [1.54, 1.807) is 5.48 Å². The van der Waals surface area contributed by atoms with E-state index in [0.29, 0.717) is 18.7 Å². The Morgan fingerprint density at radius 3 is 2.63 bits per heavy atom. The SMILES string of the molecule is C=NCC(=C)NC(=O)Cn1cc(C(=O)NCCCCCCC(=O)NO)nn1. The van der Waals surface area contributed by atoms with Crippen LogP contribution in [0.15, 0.2) is 23.5 Å². The smallest absolute Gasteiger partial charge is 0.273 e. The molecule has 11 nitrogen and oxygen atoms in total. The van der Waals surface area contributed by atoms with Crippen molar-refractivity contribution in [3.05, 3.63) is 24.2 Å². The van der Waals surface area contributed by atoms with Crippen molar-refractivity contribution in [1.82, 2.24) is 31.1 Å². The van der Waals surface area contributed by atoms with E-state index in [9.17, 15) is 14.4 Å². The van der Waals surface area contributed by atoms with Gasteiger partial charge in [-0.05, 0) is 19.6 Å². The molecule has 27 heavy (non-hydrogen) atoms. The molecule has 0 aromatic carbocycles. The van der Waals surface area contributed by atoms with E-state index >= 15 is 0 Å². The highest BCUT2D eigenvalue weighted by molar-refractivity contribution is 5.91. The number of nitrogens with one attached hydrogen (secondary N) is 3. The van der Waals surface area contributed by atoms with Gasteiger partial charge in [-0.2, -0.15) is 0 Å². The van der Waals surface area contributed by atoms with Crippen molar-refractivity contribution in [2.24, 2.45) is 4.99 Å². The molecule has 3 amide bonds. The second-order valence-corrected chi connectivity index (χ2v) is 5.79. The third kappa shape index (κ3) is 9.26. The molecule has 1 heterocycles. The molecule has 1 rings (SSSR count). The fourth-order valence-corrected chi connectivity index (χ4v) is 2.15. The number of hydroxylamine groups is 1. The molecular weight excluding hydrogens is 354 g/mol. The van der Waals surface area contributed by atoms with Crippen LogP contribution in [0, 0.1) is 0 Å². The Morgan fingerprint density at radius 1 is 1.19 bits per heavy atom. The number of hydrogen-bond acceptors (Lipinski definition) is 7. The van der Waals surface area contributed by atoms with E-state index in [0.717, 1.165) is 19.3 Å². The highest BCUT2D eigenvalue weighted by Gasteiger charge is 2.12. The lowest BCUT2D eigenvalue weighted by atomic mass is 10.1. The van der Waals surface area contributed by atoms with Crippen LogP contribution in [0.2, 0.25) is 0 Å². The molecule has 1 aromatic rings. The highest BCUT2D eigenvalue weighted by Crippen LogP contribution is 2.02. The second kappa shape index (κ2) is 12.3. The first-order valence-electron chi connectivity index (χ1n) is 8.47. The largest absolute Gasteiger partial charge is 0.351 e. The standard InChI is InChI=1S/C16H25N7O4/c1-12(9-17-2)19-15(25)11-23-10-13(20-22-23)16(26)18-8-6-4-3-5-7-14(24)21-27/h10,27H,1-9,11H2,(H,18,26)(H,19,25)(H,21,24). The van der Waals surface area contributed by atoms with Crippen molar-refractivity contribution in [3.63, 3.8) is 0 Å². The highest BCUT2D eigenvalue weighted by atomic mass is 16.5. The van der Waals surface area contributed by atoms with Gasteiger partial charge in [0.15, 0.2) is 5.69 Å². The maximum atomic E-state index is 12.0. The minimum atomic E-state index is -0.401. The predicted octanol–water partition coefficient (Wildman–Crippen LogP) is -0.206. The summed E-state index contributed by atoms with van der Waals surface area (Å²) in [6.45, 7) is 7.53. The summed E-state index contributed by atoms with van der Waals surface area (Å²) >= 11 is 0. The van der Waals surface area contributed by atoms with Gasteiger partial charge in [-0.1, -0.05) is 24.6 Å². The zero-order valence-corrected chi connectivity index (χ0v) is 15.1. The summed E-state index contributed by atoms with van der Waals surface area (Å²) in [6, 6.07) is 0. The second-order valence-electron chi connectivity index (χ2n) is 5.79. The molecule has 0 unspecified atom stereocenters. The average molecular weight is 379 g/mol. The van der Waals surface area contributed by atoms with Gasteiger partial charge in [0.1, 0.15) is 6.54 Å². The molecule has 0 aliphatic rings. The molecular formula is C16H25N7O4. The summed E-state index contributed by atoms with van der Waals surface area (Å²) < 4.78 is 1.26. The molecule has 0 bridgehead atoms. The van der Waals surface area contributed by atoms with Crippen LogP contribution in [0.3, 0.4) is 0 Å². The fraction of sp³-hybridized carbons (Fsp3) is 0.500. The predicted molar refractivity (Wildman–Crippen MR) is 97.1 cm³/mol. The van der Waals surface area contributed by atoms with Gasteiger partial charge < -0.3 is 10.6 Å². The number of unbranched alkanes of at least 4 members (excludes halogenated alkanes) is 3. The van der Waals surface area contributed by atoms with Crippen LogP contribution in [-0.2, 0) is 16.1 Å². The molecule has 148 valence electrons. The lowest BCUT2D eigenvalue weighted by Crippen LogP contribution is -2.28. The first kappa shape index (κ1) is 22.0. The maximum absolute atomic E-state index is 12.0. The van der Waals surface area contributed by atoms with Crippen molar-refractivity contribution < 1.29 is 19.6 Å². The fourth-order valence-electron chi connectivity index (χ4n) is 2.15. The van der Waals surface area contributed by atoms with Crippen LogP contribution in [0.1, 0.15) is 42.6 Å². The van der Waals surface area contributed by atoms with E-state index < -0.39 is 5.91 Å². The van der Waals surface area contributed by atoms with Gasteiger partial charge in [-0.15, -0.1) is 5.10 Å². The first-order chi connectivity index (χ1) is 13.0. The van der Waals surface area contributed by atoms with E-state index in [-0.39, 0.29) is 37.0 Å². The van der Waals surface area contributed by atoms with Crippen LogP contribution in [0.4, 0.5) is 0 Å². The van der Waals surface area contributed by atoms with Gasteiger partial charge in [0.2, 0.25) is 11.8 Å². The van der Waals surface area contributed by atoms with Gasteiger partial charge in [0.25, 0.3) is 5.91 Å². The van der Waals surface area contributed by atoms with Crippen LogP contribution >= 0.6 is 0 Å². The number of amides is 3. The monoisotopic (exact) mass is 379 g/mol. The van der Waals surface area contributed by atoms with Crippen molar-refractivity contribution in [2.75, 3.05) is 13.1 Å². The lowest BCUT2D eigenvalue weighted by molar-refractivity contribution is -0.129. The minimum absolute atomic E-state index is 0.0993. The number of hydrogen-bond donors (Lipinski definition) is 4. The minimum Gasteiger partial charge on any atom is -0.351 e. The molecule has 0 radical (unpaired) electrons. The Kier molecular flexibility index (Phi) is 10.0. The van der Waals surface area contributed by atoms with Crippen LogP contribution in [-0.4, -0.2) is 57.7 Å². The zero-order valence-electron chi connectivity index (χ0n) is 15.1. The van der Waals surface area contributed by atoms with Gasteiger partial charge in [-0.25, -0.2) is 10.2 Å². The molecule has 0 aliphatic heterocycles. The summed E-state index contributed by atoms with van der Waals surface area (Å²) in [7, 11) is 0. The Hall–Kier alpha value is -3.08. The van der Waals surface area contributed by atoms with E-state index in [2.05, 4.69) is 39.2 Å². The Balaban J connectivity index is 2.25. The maximum Gasteiger partial charge on any atom is 0.273 e. The van der Waals surface area contributed by atoms with Crippen molar-refractivity contribution in [2.45, 2.75) is 38.6 Å². The summed E-state index contributed by atoms with van der Waals surface area (Å²) in [5.41, 5.74) is 2.12. The van der Waals surface area contributed by atoms with Crippen molar-refractivity contribution in [1.29, 1.82) is 0 Å². The normalized spacial score (nSPS) is 10.1. The number of rotatable bonds is 13. The van der Waals surface area contributed by atoms with E-state index in [1.165, 1.54) is 10.9 Å². The number of aromatic nitrogens is 3.